The quantitative estimate of drug-likeness (QED) is 0.652. The standard InChI is InChI=1S/C9H16O3S/c1-3-12-7-9(2)5-4-6-13(10,11)8-9/h3H,1,4-8H2,2H3. The molecule has 0 bridgehead atoms. The summed E-state index contributed by atoms with van der Waals surface area (Å²) in [7, 11) is -2.84. The third-order valence-electron chi connectivity index (χ3n) is 2.35. The highest BCUT2D eigenvalue weighted by Crippen LogP contribution is 2.31. The Kier molecular flexibility index (Phi) is 3.01. The molecular weight excluding hydrogens is 188 g/mol. The Hall–Kier alpha value is -0.510. The van der Waals surface area contributed by atoms with Gasteiger partial charge in [0.1, 0.15) is 0 Å². The molecule has 1 aliphatic rings. The largest absolute Gasteiger partial charge is 0.501 e. The van der Waals surface area contributed by atoms with E-state index in [1.807, 2.05) is 6.92 Å². The fourth-order valence-corrected chi connectivity index (χ4v) is 3.79. The van der Waals surface area contributed by atoms with E-state index in [-0.39, 0.29) is 11.2 Å². The van der Waals surface area contributed by atoms with Crippen molar-refractivity contribution in [2.75, 3.05) is 18.1 Å². The molecule has 3 nitrogen and oxygen atoms in total. The molecule has 4 heteroatoms. The zero-order chi connectivity index (χ0) is 9.95. The smallest absolute Gasteiger partial charge is 0.150 e. The summed E-state index contributed by atoms with van der Waals surface area (Å²) in [5, 5.41) is 0. The van der Waals surface area contributed by atoms with Crippen LogP contribution in [0.25, 0.3) is 0 Å². The van der Waals surface area contributed by atoms with Gasteiger partial charge >= 0.3 is 0 Å². The first-order valence-electron chi connectivity index (χ1n) is 4.40. The minimum absolute atomic E-state index is 0.217. The van der Waals surface area contributed by atoms with Gasteiger partial charge in [0.15, 0.2) is 9.84 Å². The van der Waals surface area contributed by atoms with Crippen LogP contribution in [0, 0.1) is 5.41 Å². The number of hydrogen-bond acceptors (Lipinski definition) is 3. The number of ether oxygens (including phenoxy) is 1. The van der Waals surface area contributed by atoms with Gasteiger partial charge in [0, 0.05) is 5.41 Å². The molecular formula is C9H16O3S. The zero-order valence-electron chi connectivity index (χ0n) is 7.95. The Morgan fingerprint density at radius 2 is 2.31 bits per heavy atom. The van der Waals surface area contributed by atoms with Gasteiger partial charge < -0.3 is 4.74 Å². The number of hydrogen-bond donors (Lipinski definition) is 0. The SMILES string of the molecule is C=COCC1(C)CCCS(=O)(=O)C1. The minimum Gasteiger partial charge on any atom is -0.501 e. The molecule has 1 aliphatic heterocycles. The van der Waals surface area contributed by atoms with Crippen LogP contribution >= 0.6 is 0 Å². The van der Waals surface area contributed by atoms with E-state index in [0.717, 1.165) is 12.8 Å². The van der Waals surface area contributed by atoms with Gasteiger partial charge in [-0.2, -0.15) is 0 Å². The van der Waals surface area contributed by atoms with E-state index in [2.05, 4.69) is 6.58 Å². The van der Waals surface area contributed by atoms with Crippen molar-refractivity contribution in [1.82, 2.24) is 0 Å². The first kappa shape index (κ1) is 10.6. The van der Waals surface area contributed by atoms with Gasteiger partial charge in [-0.05, 0) is 12.8 Å². The Morgan fingerprint density at radius 1 is 1.62 bits per heavy atom. The lowest BCUT2D eigenvalue weighted by Gasteiger charge is -2.32. The van der Waals surface area contributed by atoms with Crippen LogP contribution in [0.15, 0.2) is 12.8 Å². The molecule has 0 N–H and O–H groups in total. The second kappa shape index (κ2) is 3.70. The maximum atomic E-state index is 11.3. The first-order chi connectivity index (χ1) is 5.97. The van der Waals surface area contributed by atoms with E-state index >= 15 is 0 Å². The highest BCUT2D eigenvalue weighted by atomic mass is 32.2. The van der Waals surface area contributed by atoms with E-state index < -0.39 is 9.84 Å². The molecule has 0 aromatic carbocycles. The van der Waals surface area contributed by atoms with Crippen LogP contribution in [0.5, 0.6) is 0 Å². The van der Waals surface area contributed by atoms with Gasteiger partial charge in [0.05, 0.1) is 24.4 Å². The van der Waals surface area contributed by atoms with Crippen LogP contribution in [-0.2, 0) is 14.6 Å². The van der Waals surface area contributed by atoms with Crippen LogP contribution in [0.4, 0.5) is 0 Å². The molecule has 13 heavy (non-hydrogen) atoms. The average molecular weight is 204 g/mol. The maximum Gasteiger partial charge on any atom is 0.150 e. The molecule has 0 radical (unpaired) electrons. The normalized spacial score (nSPS) is 32.4. The van der Waals surface area contributed by atoms with Crippen LogP contribution < -0.4 is 0 Å². The summed E-state index contributed by atoms with van der Waals surface area (Å²) >= 11 is 0. The predicted octanol–water partition coefficient (Wildman–Crippen LogP) is 1.36. The molecule has 1 heterocycles. The van der Waals surface area contributed by atoms with Crippen molar-refractivity contribution >= 4 is 9.84 Å². The minimum atomic E-state index is -2.84. The van der Waals surface area contributed by atoms with E-state index in [9.17, 15) is 8.42 Å². The Morgan fingerprint density at radius 3 is 2.85 bits per heavy atom. The monoisotopic (exact) mass is 204 g/mol. The summed E-state index contributed by atoms with van der Waals surface area (Å²) < 4.78 is 27.8. The fraction of sp³-hybridized carbons (Fsp3) is 0.778. The average Bonchev–Trinajstić information content (AvgIpc) is 1.98. The maximum absolute atomic E-state index is 11.3. The molecule has 0 spiro atoms. The lowest BCUT2D eigenvalue weighted by molar-refractivity contribution is 0.128. The summed E-state index contributed by atoms with van der Waals surface area (Å²) in [6.45, 7) is 5.85. The van der Waals surface area contributed by atoms with Crippen molar-refractivity contribution < 1.29 is 13.2 Å². The Balaban J connectivity index is 2.63. The van der Waals surface area contributed by atoms with E-state index in [0.29, 0.717) is 12.4 Å². The highest BCUT2D eigenvalue weighted by molar-refractivity contribution is 7.91. The molecule has 1 fully saturated rings. The third kappa shape index (κ3) is 3.03. The summed E-state index contributed by atoms with van der Waals surface area (Å²) in [4.78, 5) is 0. The Labute approximate surface area is 79.7 Å². The molecule has 1 atom stereocenters. The fourth-order valence-electron chi connectivity index (χ4n) is 1.77. The summed E-state index contributed by atoms with van der Waals surface area (Å²) in [6, 6.07) is 0. The molecule has 0 amide bonds. The summed E-state index contributed by atoms with van der Waals surface area (Å²) in [5.41, 5.74) is -0.217. The second-order valence-corrected chi connectivity index (χ2v) is 6.17. The number of rotatable bonds is 3. The summed E-state index contributed by atoms with van der Waals surface area (Å²) in [5.74, 6) is 0.574. The predicted molar refractivity (Wildman–Crippen MR) is 52.1 cm³/mol. The number of sulfone groups is 1. The van der Waals surface area contributed by atoms with E-state index in [1.165, 1.54) is 6.26 Å². The van der Waals surface area contributed by atoms with Crippen LogP contribution in [0.2, 0.25) is 0 Å². The van der Waals surface area contributed by atoms with Gasteiger partial charge in [-0.25, -0.2) is 8.42 Å². The first-order valence-corrected chi connectivity index (χ1v) is 6.23. The lowest BCUT2D eigenvalue weighted by atomic mass is 9.88. The van der Waals surface area contributed by atoms with Crippen molar-refractivity contribution in [3.63, 3.8) is 0 Å². The summed E-state index contributed by atoms with van der Waals surface area (Å²) in [6.07, 6.45) is 3.03. The molecule has 0 aromatic heterocycles. The van der Waals surface area contributed by atoms with Crippen molar-refractivity contribution in [2.24, 2.45) is 5.41 Å². The molecule has 0 aromatic rings. The molecule has 0 aliphatic carbocycles. The van der Waals surface area contributed by atoms with Gasteiger partial charge in [0.25, 0.3) is 0 Å². The van der Waals surface area contributed by atoms with Crippen LogP contribution in [0.1, 0.15) is 19.8 Å². The zero-order valence-corrected chi connectivity index (χ0v) is 8.77. The van der Waals surface area contributed by atoms with Gasteiger partial charge in [0.2, 0.25) is 0 Å². The molecule has 76 valence electrons. The van der Waals surface area contributed by atoms with E-state index in [1.54, 1.807) is 0 Å². The molecule has 1 unspecified atom stereocenters. The highest BCUT2D eigenvalue weighted by Gasteiger charge is 2.35. The van der Waals surface area contributed by atoms with Crippen molar-refractivity contribution in [3.05, 3.63) is 12.8 Å². The Bertz CT molecular complexity index is 281. The molecule has 1 rings (SSSR count). The van der Waals surface area contributed by atoms with Crippen molar-refractivity contribution in [2.45, 2.75) is 19.8 Å². The van der Waals surface area contributed by atoms with Gasteiger partial charge in [-0.3, -0.25) is 0 Å². The molecule has 1 saturated heterocycles. The van der Waals surface area contributed by atoms with Crippen LogP contribution in [0.3, 0.4) is 0 Å². The third-order valence-corrected chi connectivity index (χ3v) is 4.40. The van der Waals surface area contributed by atoms with Crippen molar-refractivity contribution in [1.29, 1.82) is 0 Å². The van der Waals surface area contributed by atoms with Gasteiger partial charge in [-0.15, -0.1) is 0 Å². The lowest BCUT2D eigenvalue weighted by Crippen LogP contribution is -2.37. The second-order valence-electron chi connectivity index (χ2n) is 3.98. The van der Waals surface area contributed by atoms with Crippen molar-refractivity contribution in [3.8, 4) is 0 Å². The topological polar surface area (TPSA) is 43.4 Å². The van der Waals surface area contributed by atoms with E-state index in [4.69, 9.17) is 4.74 Å². The van der Waals surface area contributed by atoms with Crippen LogP contribution in [-0.4, -0.2) is 26.5 Å². The van der Waals surface area contributed by atoms with Gasteiger partial charge in [-0.1, -0.05) is 13.5 Å². The molecule has 0 saturated carbocycles.